The summed E-state index contributed by atoms with van der Waals surface area (Å²) in [4.78, 5) is 16.8. The summed E-state index contributed by atoms with van der Waals surface area (Å²) in [5.41, 5.74) is 3.38. The summed E-state index contributed by atoms with van der Waals surface area (Å²) in [6.07, 6.45) is 1.52. The van der Waals surface area contributed by atoms with Gasteiger partial charge < -0.3 is 10.1 Å². The highest BCUT2D eigenvalue weighted by molar-refractivity contribution is 6.32. The van der Waals surface area contributed by atoms with E-state index in [1.165, 1.54) is 6.20 Å². The van der Waals surface area contributed by atoms with Crippen LogP contribution in [0.1, 0.15) is 22.8 Å². The molecule has 0 amide bonds. The quantitative estimate of drug-likeness (QED) is 0.588. The number of halogens is 2. The number of carbonyl (C=O) groups is 1. The lowest BCUT2D eigenvalue weighted by Gasteiger charge is -2.15. The molecule has 0 saturated carbocycles. The number of esters is 1. The minimum Gasteiger partial charge on any atom is -0.462 e. The van der Waals surface area contributed by atoms with Crippen molar-refractivity contribution in [2.45, 2.75) is 13.8 Å². The largest absolute Gasteiger partial charge is 0.462 e. The maximum absolute atomic E-state index is 12.4. The number of rotatable bonds is 4. The first-order valence-electron chi connectivity index (χ1n) is 7.78. The summed E-state index contributed by atoms with van der Waals surface area (Å²) in [5, 5.41) is 5.18. The van der Waals surface area contributed by atoms with Gasteiger partial charge in [-0.2, -0.15) is 0 Å². The molecule has 0 aliphatic heterocycles. The van der Waals surface area contributed by atoms with E-state index in [2.05, 4.69) is 10.3 Å². The van der Waals surface area contributed by atoms with Crippen LogP contribution in [-0.4, -0.2) is 17.6 Å². The Morgan fingerprint density at radius 1 is 1.20 bits per heavy atom. The average Bonchev–Trinajstić information content (AvgIpc) is 2.55. The van der Waals surface area contributed by atoms with Crippen LogP contribution in [0.2, 0.25) is 10.0 Å². The number of aryl methyl sites for hydroxylation is 1. The zero-order valence-corrected chi connectivity index (χ0v) is 15.3. The molecule has 0 aliphatic rings. The Morgan fingerprint density at radius 3 is 2.72 bits per heavy atom. The van der Waals surface area contributed by atoms with Crippen LogP contribution >= 0.6 is 23.2 Å². The van der Waals surface area contributed by atoms with Crippen LogP contribution in [0.5, 0.6) is 0 Å². The van der Waals surface area contributed by atoms with Gasteiger partial charge in [-0.25, -0.2) is 4.79 Å². The van der Waals surface area contributed by atoms with Crippen LogP contribution < -0.4 is 5.32 Å². The van der Waals surface area contributed by atoms with Gasteiger partial charge in [0.2, 0.25) is 0 Å². The van der Waals surface area contributed by atoms with Crippen LogP contribution in [0.15, 0.2) is 42.6 Å². The number of nitrogens with zero attached hydrogens (tertiary/aromatic N) is 1. The number of fused-ring (bicyclic) bond motifs is 1. The molecule has 2 aromatic carbocycles. The van der Waals surface area contributed by atoms with Crippen LogP contribution in [0.25, 0.3) is 10.9 Å². The first-order chi connectivity index (χ1) is 12.0. The van der Waals surface area contributed by atoms with E-state index in [1.54, 1.807) is 25.1 Å². The summed E-state index contributed by atoms with van der Waals surface area (Å²) < 4.78 is 5.16. The van der Waals surface area contributed by atoms with Crippen molar-refractivity contribution < 1.29 is 9.53 Å². The molecular weight excluding hydrogens is 359 g/mol. The number of anilines is 2. The number of aromatic nitrogens is 1. The number of hydrogen-bond acceptors (Lipinski definition) is 4. The fraction of sp³-hybridized carbons (Fsp3) is 0.158. The molecule has 3 rings (SSSR count). The molecule has 128 valence electrons. The second-order valence-corrected chi connectivity index (χ2v) is 6.39. The van der Waals surface area contributed by atoms with Crippen molar-refractivity contribution in [2.75, 3.05) is 11.9 Å². The standard InChI is InChI=1S/C19H16Cl2N2O2/c1-3-25-19(24)16-10-22-17-11(2)7-13(21)9-15(17)18(16)23-14-6-4-5-12(20)8-14/h4-10H,3H2,1-2H3,(H,22,23). The second kappa shape index (κ2) is 7.30. The van der Waals surface area contributed by atoms with Crippen molar-refractivity contribution in [3.63, 3.8) is 0 Å². The third-order valence-corrected chi connectivity index (χ3v) is 4.17. The van der Waals surface area contributed by atoms with Gasteiger partial charge in [0.25, 0.3) is 0 Å². The number of ether oxygens (including phenoxy) is 1. The second-order valence-electron chi connectivity index (χ2n) is 5.52. The summed E-state index contributed by atoms with van der Waals surface area (Å²) in [6, 6.07) is 10.9. The van der Waals surface area contributed by atoms with E-state index in [9.17, 15) is 4.79 Å². The fourth-order valence-corrected chi connectivity index (χ4v) is 3.11. The maximum Gasteiger partial charge on any atom is 0.341 e. The van der Waals surface area contributed by atoms with Crippen molar-refractivity contribution in [1.82, 2.24) is 4.98 Å². The molecule has 0 unspecified atom stereocenters. The number of benzene rings is 2. The molecule has 0 aliphatic carbocycles. The van der Waals surface area contributed by atoms with Gasteiger partial charge in [0, 0.05) is 27.3 Å². The topological polar surface area (TPSA) is 51.2 Å². The van der Waals surface area contributed by atoms with Crippen molar-refractivity contribution in [3.05, 3.63) is 63.8 Å². The van der Waals surface area contributed by atoms with E-state index < -0.39 is 5.97 Å². The van der Waals surface area contributed by atoms with Gasteiger partial charge in [-0.15, -0.1) is 0 Å². The Kier molecular flexibility index (Phi) is 5.11. The summed E-state index contributed by atoms with van der Waals surface area (Å²) in [6.45, 7) is 3.97. The Bertz CT molecular complexity index is 958. The van der Waals surface area contributed by atoms with Crippen molar-refractivity contribution in [3.8, 4) is 0 Å². The number of carbonyl (C=O) groups excluding carboxylic acids is 1. The summed E-state index contributed by atoms with van der Waals surface area (Å²) in [5.74, 6) is -0.445. The third-order valence-electron chi connectivity index (χ3n) is 3.72. The van der Waals surface area contributed by atoms with Crippen LogP contribution in [0.3, 0.4) is 0 Å². The number of hydrogen-bond donors (Lipinski definition) is 1. The lowest BCUT2D eigenvalue weighted by atomic mass is 10.1. The first kappa shape index (κ1) is 17.5. The summed E-state index contributed by atoms with van der Waals surface area (Å²) in [7, 11) is 0. The average molecular weight is 375 g/mol. The van der Waals surface area contributed by atoms with Crippen LogP contribution in [-0.2, 0) is 4.74 Å². The Hall–Kier alpha value is -2.30. The van der Waals surface area contributed by atoms with Gasteiger partial charge in [0.15, 0.2) is 0 Å². The van der Waals surface area contributed by atoms with Crippen molar-refractivity contribution in [2.24, 2.45) is 0 Å². The van der Waals surface area contributed by atoms with Gasteiger partial charge >= 0.3 is 5.97 Å². The highest BCUT2D eigenvalue weighted by Crippen LogP contribution is 2.33. The predicted molar refractivity (Wildman–Crippen MR) is 102 cm³/mol. The molecule has 1 aromatic heterocycles. The minimum absolute atomic E-state index is 0.280. The monoisotopic (exact) mass is 374 g/mol. The van der Waals surface area contributed by atoms with Crippen molar-refractivity contribution >= 4 is 51.4 Å². The van der Waals surface area contributed by atoms with E-state index in [1.807, 2.05) is 25.1 Å². The lowest BCUT2D eigenvalue weighted by Crippen LogP contribution is -2.09. The first-order valence-corrected chi connectivity index (χ1v) is 8.53. The molecule has 6 heteroatoms. The van der Waals surface area contributed by atoms with E-state index >= 15 is 0 Å². The van der Waals surface area contributed by atoms with E-state index in [-0.39, 0.29) is 6.61 Å². The van der Waals surface area contributed by atoms with Crippen LogP contribution in [0.4, 0.5) is 11.4 Å². The molecule has 0 fully saturated rings. The SMILES string of the molecule is CCOC(=O)c1cnc2c(C)cc(Cl)cc2c1Nc1cccc(Cl)c1. The molecule has 1 N–H and O–H groups in total. The number of pyridine rings is 1. The third kappa shape index (κ3) is 3.70. The molecule has 3 aromatic rings. The molecule has 0 spiro atoms. The fourth-order valence-electron chi connectivity index (χ4n) is 2.65. The minimum atomic E-state index is -0.445. The van der Waals surface area contributed by atoms with Gasteiger partial charge in [-0.05, 0) is 49.7 Å². The van der Waals surface area contributed by atoms with Crippen molar-refractivity contribution in [1.29, 1.82) is 0 Å². The van der Waals surface area contributed by atoms with E-state index in [0.29, 0.717) is 21.3 Å². The van der Waals surface area contributed by atoms with E-state index in [0.717, 1.165) is 22.2 Å². The van der Waals surface area contributed by atoms with Gasteiger partial charge in [-0.3, -0.25) is 4.98 Å². The molecular formula is C19H16Cl2N2O2. The molecule has 4 nitrogen and oxygen atoms in total. The maximum atomic E-state index is 12.4. The highest BCUT2D eigenvalue weighted by Gasteiger charge is 2.18. The van der Waals surface area contributed by atoms with Gasteiger partial charge in [0.1, 0.15) is 5.56 Å². The van der Waals surface area contributed by atoms with E-state index in [4.69, 9.17) is 27.9 Å². The Labute approximate surface area is 155 Å². The highest BCUT2D eigenvalue weighted by atomic mass is 35.5. The lowest BCUT2D eigenvalue weighted by molar-refractivity contribution is 0.0527. The molecule has 0 bridgehead atoms. The molecule has 0 saturated heterocycles. The van der Waals surface area contributed by atoms with Crippen LogP contribution in [0, 0.1) is 6.92 Å². The smallest absolute Gasteiger partial charge is 0.341 e. The molecule has 0 atom stereocenters. The Morgan fingerprint density at radius 2 is 2.00 bits per heavy atom. The number of nitrogens with one attached hydrogen (secondary N) is 1. The molecule has 25 heavy (non-hydrogen) atoms. The zero-order chi connectivity index (χ0) is 18.0. The molecule has 1 heterocycles. The Balaban J connectivity index is 2.23. The normalized spacial score (nSPS) is 10.7. The predicted octanol–water partition coefficient (Wildman–Crippen LogP) is 5.77. The summed E-state index contributed by atoms with van der Waals surface area (Å²) >= 11 is 12.3. The molecule has 0 radical (unpaired) electrons. The zero-order valence-electron chi connectivity index (χ0n) is 13.8. The van der Waals surface area contributed by atoms with Gasteiger partial charge in [-0.1, -0.05) is 29.3 Å². The van der Waals surface area contributed by atoms with Gasteiger partial charge in [0.05, 0.1) is 17.8 Å².